The highest BCUT2D eigenvalue weighted by molar-refractivity contribution is 5.99. The normalized spacial score (nSPS) is 9.89. The van der Waals surface area contributed by atoms with Crippen LogP contribution < -0.4 is 10.6 Å². The molecule has 2 N–H and O–H groups in total. The number of halogens is 2. The van der Waals surface area contributed by atoms with Crippen LogP contribution in [0.3, 0.4) is 0 Å². The minimum absolute atomic E-state index is 0.249. The Kier molecular flexibility index (Phi) is 3.42. The van der Waals surface area contributed by atoms with Crippen molar-refractivity contribution in [3.05, 3.63) is 48.4 Å². The standard InChI is InChI=1S/C11H8F2N4O/c12-7-1-2-8(13)9(5-7)16-11(18)17-10-3-4-14-6-15-10/h1-6H,(H2,14,15,16,17,18). The van der Waals surface area contributed by atoms with Crippen molar-refractivity contribution in [3.63, 3.8) is 0 Å². The smallest absolute Gasteiger partial charge is 0.305 e. The number of aromatic nitrogens is 2. The van der Waals surface area contributed by atoms with E-state index in [2.05, 4.69) is 20.6 Å². The number of urea groups is 1. The van der Waals surface area contributed by atoms with Crippen molar-refractivity contribution in [2.24, 2.45) is 0 Å². The topological polar surface area (TPSA) is 66.9 Å². The summed E-state index contributed by atoms with van der Waals surface area (Å²) >= 11 is 0. The zero-order chi connectivity index (χ0) is 13.0. The maximum absolute atomic E-state index is 13.2. The minimum Gasteiger partial charge on any atom is -0.305 e. The van der Waals surface area contributed by atoms with Gasteiger partial charge in [-0.1, -0.05) is 0 Å². The number of hydrogen-bond donors (Lipinski definition) is 2. The van der Waals surface area contributed by atoms with E-state index >= 15 is 0 Å². The van der Waals surface area contributed by atoms with Crippen molar-refractivity contribution >= 4 is 17.5 Å². The molecule has 1 aromatic carbocycles. The fraction of sp³-hybridized carbons (Fsp3) is 0. The van der Waals surface area contributed by atoms with E-state index in [9.17, 15) is 13.6 Å². The second-order valence-electron chi connectivity index (χ2n) is 3.30. The van der Waals surface area contributed by atoms with Crippen LogP contribution in [0.5, 0.6) is 0 Å². The monoisotopic (exact) mass is 250 g/mol. The lowest BCUT2D eigenvalue weighted by Crippen LogP contribution is -2.20. The number of rotatable bonds is 2. The number of benzene rings is 1. The molecule has 7 heteroatoms. The van der Waals surface area contributed by atoms with Crippen molar-refractivity contribution in [2.75, 3.05) is 10.6 Å². The molecule has 0 radical (unpaired) electrons. The van der Waals surface area contributed by atoms with Gasteiger partial charge in [0.25, 0.3) is 0 Å². The van der Waals surface area contributed by atoms with Crippen molar-refractivity contribution in [3.8, 4) is 0 Å². The maximum Gasteiger partial charge on any atom is 0.324 e. The largest absolute Gasteiger partial charge is 0.324 e. The van der Waals surface area contributed by atoms with E-state index in [-0.39, 0.29) is 11.5 Å². The highest BCUT2D eigenvalue weighted by Crippen LogP contribution is 2.15. The van der Waals surface area contributed by atoms with E-state index in [1.165, 1.54) is 18.6 Å². The first kappa shape index (κ1) is 11.9. The fourth-order valence-corrected chi connectivity index (χ4v) is 1.23. The van der Waals surface area contributed by atoms with Gasteiger partial charge in [0.2, 0.25) is 0 Å². The van der Waals surface area contributed by atoms with Gasteiger partial charge in [0.1, 0.15) is 23.8 Å². The molecule has 1 aromatic heterocycles. The van der Waals surface area contributed by atoms with Gasteiger partial charge in [-0.25, -0.2) is 23.5 Å². The summed E-state index contributed by atoms with van der Waals surface area (Å²) < 4.78 is 26.1. The van der Waals surface area contributed by atoms with Gasteiger partial charge in [-0.3, -0.25) is 5.32 Å². The molecule has 92 valence electrons. The first-order valence-corrected chi connectivity index (χ1v) is 4.94. The predicted octanol–water partition coefficient (Wildman–Crippen LogP) is 2.40. The van der Waals surface area contributed by atoms with Crippen LogP contribution >= 0.6 is 0 Å². The van der Waals surface area contributed by atoms with Gasteiger partial charge in [-0.2, -0.15) is 0 Å². The summed E-state index contributed by atoms with van der Waals surface area (Å²) in [7, 11) is 0. The quantitative estimate of drug-likeness (QED) is 0.860. The van der Waals surface area contributed by atoms with Crippen molar-refractivity contribution in [1.82, 2.24) is 9.97 Å². The molecule has 5 nitrogen and oxygen atoms in total. The molecule has 0 bridgehead atoms. The zero-order valence-corrected chi connectivity index (χ0v) is 9.02. The Morgan fingerprint density at radius 1 is 1.17 bits per heavy atom. The second-order valence-corrected chi connectivity index (χ2v) is 3.30. The number of nitrogens with zero attached hydrogens (tertiary/aromatic N) is 2. The maximum atomic E-state index is 13.2. The van der Waals surface area contributed by atoms with Crippen LogP contribution in [0.4, 0.5) is 25.1 Å². The van der Waals surface area contributed by atoms with Gasteiger partial charge in [-0.15, -0.1) is 0 Å². The molecule has 0 aliphatic rings. The Labute approximate surface area is 101 Å². The van der Waals surface area contributed by atoms with Crippen LogP contribution in [0.15, 0.2) is 36.8 Å². The lowest BCUT2D eigenvalue weighted by atomic mass is 10.3. The SMILES string of the molecule is O=C(Nc1ccncn1)Nc1cc(F)ccc1F. The number of carbonyl (C=O) groups is 1. The van der Waals surface area contributed by atoms with E-state index < -0.39 is 17.7 Å². The Morgan fingerprint density at radius 2 is 2.00 bits per heavy atom. The Bertz CT molecular complexity index is 562. The number of hydrogen-bond acceptors (Lipinski definition) is 3. The van der Waals surface area contributed by atoms with Gasteiger partial charge in [0.15, 0.2) is 0 Å². The van der Waals surface area contributed by atoms with Crippen molar-refractivity contribution < 1.29 is 13.6 Å². The lowest BCUT2D eigenvalue weighted by molar-refractivity contribution is 0.262. The van der Waals surface area contributed by atoms with Crippen molar-refractivity contribution in [2.45, 2.75) is 0 Å². The average molecular weight is 250 g/mol. The van der Waals surface area contributed by atoms with E-state index in [0.717, 1.165) is 18.2 Å². The Hall–Kier alpha value is -2.57. The van der Waals surface area contributed by atoms with Crippen LogP contribution in [0.1, 0.15) is 0 Å². The molecular weight excluding hydrogens is 242 g/mol. The molecule has 0 aliphatic heterocycles. The molecule has 0 fully saturated rings. The van der Waals surface area contributed by atoms with Crippen LogP contribution in [0.2, 0.25) is 0 Å². The van der Waals surface area contributed by atoms with Crippen molar-refractivity contribution in [1.29, 1.82) is 0 Å². The van der Waals surface area contributed by atoms with E-state index in [1.807, 2.05) is 0 Å². The summed E-state index contributed by atoms with van der Waals surface area (Å²) in [6.45, 7) is 0. The molecule has 0 unspecified atom stereocenters. The highest BCUT2D eigenvalue weighted by Gasteiger charge is 2.08. The molecule has 2 aromatic rings. The lowest BCUT2D eigenvalue weighted by Gasteiger charge is -2.07. The molecule has 0 saturated heterocycles. The molecule has 0 aliphatic carbocycles. The third-order valence-corrected chi connectivity index (χ3v) is 2.00. The summed E-state index contributed by atoms with van der Waals surface area (Å²) in [5.74, 6) is -1.12. The van der Waals surface area contributed by atoms with E-state index in [1.54, 1.807) is 0 Å². The molecule has 0 spiro atoms. The molecular formula is C11H8F2N4O. The Balaban J connectivity index is 2.05. The molecule has 0 saturated carbocycles. The number of carbonyl (C=O) groups excluding carboxylic acids is 1. The van der Waals surface area contributed by atoms with E-state index in [0.29, 0.717) is 0 Å². The van der Waals surface area contributed by atoms with Crippen LogP contribution in [-0.4, -0.2) is 16.0 Å². The molecule has 1 heterocycles. The number of anilines is 2. The van der Waals surface area contributed by atoms with Gasteiger partial charge in [-0.05, 0) is 18.2 Å². The number of amides is 2. The third-order valence-electron chi connectivity index (χ3n) is 2.00. The zero-order valence-electron chi connectivity index (χ0n) is 9.02. The highest BCUT2D eigenvalue weighted by atomic mass is 19.1. The first-order chi connectivity index (χ1) is 8.65. The third kappa shape index (κ3) is 2.97. The van der Waals surface area contributed by atoms with Gasteiger partial charge in [0, 0.05) is 12.3 Å². The van der Waals surface area contributed by atoms with E-state index in [4.69, 9.17) is 0 Å². The molecule has 18 heavy (non-hydrogen) atoms. The summed E-state index contributed by atoms with van der Waals surface area (Å²) in [5, 5.41) is 4.52. The first-order valence-electron chi connectivity index (χ1n) is 4.94. The van der Waals surface area contributed by atoms with Crippen LogP contribution in [-0.2, 0) is 0 Å². The fourth-order valence-electron chi connectivity index (χ4n) is 1.23. The molecule has 2 rings (SSSR count). The average Bonchev–Trinajstić information content (AvgIpc) is 2.35. The second kappa shape index (κ2) is 5.17. The Morgan fingerprint density at radius 3 is 2.72 bits per heavy atom. The summed E-state index contributed by atoms with van der Waals surface area (Å²) in [6, 6.07) is 3.51. The van der Waals surface area contributed by atoms with Crippen LogP contribution in [0, 0.1) is 11.6 Å². The summed E-state index contributed by atoms with van der Waals surface area (Å²) in [6.07, 6.45) is 2.68. The van der Waals surface area contributed by atoms with Crippen LogP contribution in [0.25, 0.3) is 0 Å². The van der Waals surface area contributed by atoms with Gasteiger partial charge < -0.3 is 5.32 Å². The molecule has 2 amide bonds. The summed E-state index contributed by atoms with van der Waals surface area (Å²) in [4.78, 5) is 18.9. The number of nitrogens with one attached hydrogen (secondary N) is 2. The molecule has 0 atom stereocenters. The predicted molar refractivity (Wildman–Crippen MR) is 61.0 cm³/mol. The van der Waals surface area contributed by atoms with Gasteiger partial charge >= 0.3 is 6.03 Å². The van der Waals surface area contributed by atoms with Gasteiger partial charge in [0.05, 0.1) is 5.69 Å². The summed E-state index contributed by atoms with van der Waals surface area (Å²) in [5.41, 5.74) is -0.249. The minimum atomic E-state index is -0.728.